The van der Waals surface area contributed by atoms with Crippen LogP contribution < -0.4 is 10.6 Å². The first kappa shape index (κ1) is 14.5. The number of nitrogens with one attached hydrogen (secondary N) is 2. The van der Waals surface area contributed by atoms with E-state index in [0.29, 0.717) is 5.54 Å². The van der Waals surface area contributed by atoms with E-state index in [0.717, 1.165) is 13.1 Å². The average molecular weight is 331 g/mol. The molecule has 1 aliphatic carbocycles. The van der Waals surface area contributed by atoms with Crippen LogP contribution in [0.2, 0.25) is 0 Å². The van der Waals surface area contributed by atoms with Gasteiger partial charge in [-0.1, -0.05) is 19.3 Å². The van der Waals surface area contributed by atoms with Gasteiger partial charge in [0.25, 0.3) is 0 Å². The Kier molecular flexibility index (Phi) is 5.67. The second kappa shape index (κ2) is 7.04. The summed E-state index contributed by atoms with van der Waals surface area (Å²) in [5, 5.41) is 9.29. The minimum atomic E-state index is 0.404. The lowest BCUT2D eigenvalue weighted by atomic mass is 9.79. The molecule has 2 rings (SSSR count). The molecular weight excluding hydrogens is 308 g/mol. The van der Waals surface area contributed by atoms with Crippen LogP contribution in [0.4, 0.5) is 0 Å². The first-order valence-corrected chi connectivity index (χ1v) is 8.54. The lowest BCUT2D eigenvalue weighted by Gasteiger charge is -2.37. The predicted molar refractivity (Wildman–Crippen MR) is 83.2 cm³/mol. The van der Waals surface area contributed by atoms with Gasteiger partial charge in [0.15, 0.2) is 0 Å². The van der Waals surface area contributed by atoms with E-state index in [2.05, 4.69) is 45.1 Å². The monoisotopic (exact) mass is 330 g/mol. The molecule has 0 atom stereocenters. The van der Waals surface area contributed by atoms with E-state index in [1.807, 2.05) is 11.3 Å². The minimum Gasteiger partial charge on any atom is -0.314 e. The largest absolute Gasteiger partial charge is 0.314 e. The molecule has 0 aliphatic heterocycles. The molecule has 1 fully saturated rings. The third kappa shape index (κ3) is 4.05. The Balaban J connectivity index is 1.70. The molecule has 0 saturated heterocycles. The summed E-state index contributed by atoms with van der Waals surface area (Å²) in [6, 6.07) is 2.20. The lowest BCUT2D eigenvalue weighted by molar-refractivity contribution is 0.228. The van der Waals surface area contributed by atoms with Crippen LogP contribution in [-0.4, -0.2) is 19.1 Å². The first-order chi connectivity index (χ1) is 8.74. The number of hydrogen-bond acceptors (Lipinski definition) is 3. The predicted octanol–water partition coefficient (Wildman–Crippen LogP) is 3.91. The third-order valence-corrected chi connectivity index (χ3v) is 5.74. The van der Waals surface area contributed by atoms with Crippen molar-refractivity contribution in [2.45, 2.75) is 50.6 Å². The molecule has 18 heavy (non-hydrogen) atoms. The molecule has 102 valence electrons. The SMILES string of the molecule is CNC1(CCNCc2cc(Br)cs2)CCCCC1. The van der Waals surface area contributed by atoms with Crippen LogP contribution in [0.15, 0.2) is 15.9 Å². The first-order valence-electron chi connectivity index (χ1n) is 6.87. The molecule has 0 spiro atoms. The van der Waals surface area contributed by atoms with Crippen LogP contribution in [0.1, 0.15) is 43.4 Å². The molecule has 1 aromatic heterocycles. The molecule has 0 radical (unpaired) electrons. The van der Waals surface area contributed by atoms with E-state index in [-0.39, 0.29) is 0 Å². The summed E-state index contributed by atoms with van der Waals surface area (Å²) >= 11 is 5.31. The highest BCUT2D eigenvalue weighted by Crippen LogP contribution is 2.30. The zero-order valence-corrected chi connectivity index (χ0v) is 13.5. The van der Waals surface area contributed by atoms with Crippen molar-refractivity contribution >= 4 is 27.3 Å². The summed E-state index contributed by atoms with van der Waals surface area (Å²) in [6.07, 6.45) is 8.12. The fourth-order valence-corrected chi connectivity index (χ4v) is 4.26. The third-order valence-electron chi connectivity index (χ3n) is 4.04. The second-order valence-corrected chi connectivity index (χ2v) is 7.16. The zero-order chi connectivity index (χ0) is 12.8. The summed E-state index contributed by atoms with van der Waals surface area (Å²) in [7, 11) is 2.13. The average Bonchev–Trinajstić information content (AvgIpc) is 2.82. The van der Waals surface area contributed by atoms with Crippen molar-refractivity contribution in [2.75, 3.05) is 13.6 Å². The molecule has 2 N–H and O–H groups in total. The second-order valence-electron chi connectivity index (χ2n) is 5.25. The van der Waals surface area contributed by atoms with Gasteiger partial charge in [0.1, 0.15) is 0 Å². The van der Waals surface area contributed by atoms with E-state index >= 15 is 0 Å². The Morgan fingerprint density at radius 2 is 2.11 bits per heavy atom. The Hall–Kier alpha value is 0.1000. The van der Waals surface area contributed by atoms with Gasteiger partial charge in [-0.15, -0.1) is 11.3 Å². The van der Waals surface area contributed by atoms with Crippen molar-refractivity contribution in [1.29, 1.82) is 0 Å². The van der Waals surface area contributed by atoms with Gasteiger partial charge in [-0.05, 0) is 54.9 Å². The fraction of sp³-hybridized carbons (Fsp3) is 0.714. The van der Waals surface area contributed by atoms with Crippen LogP contribution in [0.3, 0.4) is 0 Å². The molecule has 4 heteroatoms. The van der Waals surface area contributed by atoms with Crippen molar-refractivity contribution in [3.63, 3.8) is 0 Å². The maximum Gasteiger partial charge on any atom is 0.0300 e. The molecule has 2 nitrogen and oxygen atoms in total. The van der Waals surface area contributed by atoms with Gasteiger partial charge < -0.3 is 10.6 Å². The Bertz CT molecular complexity index is 358. The highest BCUT2D eigenvalue weighted by molar-refractivity contribution is 9.10. The Morgan fingerprint density at radius 1 is 1.33 bits per heavy atom. The standard InChI is InChI=1S/C14H23BrN2S/c1-16-14(5-3-2-4-6-14)7-8-17-10-13-9-12(15)11-18-13/h9,11,16-17H,2-8,10H2,1H3. The molecule has 1 aromatic rings. The maximum atomic E-state index is 3.58. The van der Waals surface area contributed by atoms with E-state index in [4.69, 9.17) is 0 Å². The highest BCUT2D eigenvalue weighted by atomic mass is 79.9. The molecule has 0 amide bonds. The normalized spacial score (nSPS) is 19.0. The van der Waals surface area contributed by atoms with E-state index in [1.54, 1.807) is 0 Å². The van der Waals surface area contributed by atoms with Gasteiger partial charge in [-0.2, -0.15) is 0 Å². The zero-order valence-electron chi connectivity index (χ0n) is 11.1. The summed E-state index contributed by atoms with van der Waals surface area (Å²) in [5.74, 6) is 0. The van der Waals surface area contributed by atoms with Crippen LogP contribution in [0, 0.1) is 0 Å². The van der Waals surface area contributed by atoms with E-state index in [9.17, 15) is 0 Å². The quantitative estimate of drug-likeness (QED) is 0.772. The maximum absolute atomic E-state index is 3.58. The summed E-state index contributed by atoms with van der Waals surface area (Å²) < 4.78 is 1.20. The van der Waals surface area contributed by atoms with E-state index < -0.39 is 0 Å². The lowest BCUT2D eigenvalue weighted by Crippen LogP contribution is -2.46. The summed E-state index contributed by atoms with van der Waals surface area (Å²) in [4.78, 5) is 1.41. The van der Waals surface area contributed by atoms with Gasteiger partial charge in [0.2, 0.25) is 0 Å². The summed E-state index contributed by atoms with van der Waals surface area (Å²) in [6.45, 7) is 2.10. The molecule has 0 bridgehead atoms. The highest BCUT2D eigenvalue weighted by Gasteiger charge is 2.29. The molecule has 1 aliphatic rings. The molecule has 1 heterocycles. The van der Waals surface area contributed by atoms with E-state index in [1.165, 1.54) is 47.9 Å². The molecule has 1 saturated carbocycles. The molecule has 0 aromatic carbocycles. The van der Waals surface area contributed by atoms with Crippen LogP contribution >= 0.6 is 27.3 Å². The van der Waals surface area contributed by atoms with Crippen LogP contribution in [-0.2, 0) is 6.54 Å². The van der Waals surface area contributed by atoms with Crippen molar-refractivity contribution in [3.05, 3.63) is 20.8 Å². The van der Waals surface area contributed by atoms with Gasteiger partial charge in [0.05, 0.1) is 0 Å². The fourth-order valence-electron chi connectivity index (χ4n) is 2.84. The Morgan fingerprint density at radius 3 is 2.72 bits per heavy atom. The topological polar surface area (TPSA) is 24.1 Å². The number of thiophene rings is 1. The Labute approximate surface area is 123 Å². The van der Waals surface area contributed by atoms with Crippen molar-refractivity contribution in [3.8, 4) is 0 Å². The molecule has 0 unspecified atom stereocenters. The van der Waals surface area contributed by atoms with Gasteiger partial charge in [0, 0.05) is 26.8 Å². The van der Waals surface area contributed by atoms with Gasteiger partial charge >= 0.3 is 0 Å². The minimum absolute atomic E-state index is 0.404. The van der Waals surface area contributed by atoms with Gasteiger partial charge in [-0.25, -0.2) is 0 Å². The van der Waals surface area contributed by atoms with Crippen LogP contribution in [0.5, 0.6) is 0 Å². The number of halogens is 1. The summed E-state index contributed by atoms with van der Waals surface area (Å²) in [5.41, 5.74) is 0.404. The molecular formula is C14H23BrN2S. The van der Waals surface area contributed by atoms with Crippen molar-refractivity contribution < 1.29 is 0 Å². The smallest absolute Gasteiger partial charge is 0.0300 e. The number of hydrogen-bond donors (Lipinski definition) is 2. The van der Waals surface area contributed by atoms with Crippen molar-refractivity contribution in [2.24, 2.45) is 0 Å². The van der Waals surface area contributed by atoms with Crippen LogP contribution in [0.25, 0.3) is 0 Å². The number of rotatable bonds is 6. The van der Waals surface area contributed by atoms with Crippen molar-refractivity contribution in [1.82, 2.24) is 10.6 Å². The van der Waals surface area contributed by atoms with Gasteiger partial charge in [-0.3, -0.25) is 0 Å².